The van der Waals surface area contributed by atoms with Crippen LogP contribution >= 0.6 is 11.8 Å². The average Bonchev–Trinajstić information content (AvgIpc) is 2.98. The van der Waals surface area contributed by atoms with Gasteiger partial charge in [0.15, 0.2) is 0 Å². The van der Waals surface area contributed by atoms with Crippen molar-refractivity contribution in [3.63, 3.8) is 0 Å². The Kier molecular flexibility index (Phi) is 2.73. The monoisotopic (exact) mass is 264 g/mol. The molecular formula is C10H12N6OS. The Labute approximate surface area is 108 Å². The van der Waals surface area contributed by atoms with Gasteiger partial charge in [-0.15, -0.1) is 0 Å². The third kappa shape index (κ3) is 1.85. The van der Waals surface area contributed by atoms with Crippen molar-refractivity contribution >= 4 is 23.4 Å². The molecule has 0 bridgehead atoms. The number of anilines is 2. The zero-order valence-corrected chi connectivity index (χ0v) is 10.4. The minimum Gasteiger partial charge on any atom is -0.497 e. The van der Waals surface area contributed by atoms with E-state index in [0.29, 0.717) is 5.95 Å². The smallest absolute Gasteiger partial charge is 0.237 e. The molecule has 0 spiro atoms. The van der Waals surface area contributed by atoms with Gasteiger partial charge in [-0.2, -0.15) is 10.1 Å². The van der Waals surface area contributed by atoms with E-state index in [1.54, 1.807) is 18.9 Å². The van der Waals surface area contributed by atoms with Crippen LogP contribution in [0.1, 0.15) is 0 Å². The number of nitrogens with one attached hydrogen (secondary N) is 2. The first-order chi connectivity index (χ1) is 8.78. The predicted octanol–water partition coefficient (Wildman–Crippen LogP) is 0.995. The summed E-state index contributed by atoms with van der Waals surface area (Å²) in [5, 5.41) is 8.35. The first-order valence-electron chi connectivity index (χ1n) is 5.29. The van der Waals surface area contributed by atoms with Gasteiger partial charge in [0.25, 0.3) is 0 Å². The van der Waals surface area contributed by atoms with Gasteiger partial charge in [-0.3, -0.25) is 10.4 Å². The molecular weight excluding hydrogens is 252 g/mol. The van der Waals surface area contributed by atoms with Crippen molar-refractivity contribution in [3.05, 3.63) is 24.5 Å². The number of methoxy groups -OCH3 is 1. The van der Waals surface area contributed by atoms with Crippen LogP contribution in [0, 0.1) is 0 Å². The largest absolute Gasteiger partial charge is 0.497 e. The summed E-state index contributed by atoms with van der Waals surface area (Å²) in [5.41, 5.74) is 9.91. The number of aromatic nitrogens is 3. The first kappa shape index (κ1) is 11.2. The van der Waals surface area contributed by atoms with Gasteiger partial charge in [0.05, 0.1) is 12.8 Å². The molecule has 1 aromatic carbocycles. The standard InChI is InChI=1S/C10H12N6OS/c1-17-6-2-3-7-8(4-6)18-9(11)16(7)15-10-12-5-13-14-10/h2-5,9H,11H2,1H3,(H2,12,13,14,15). The van der Waals surface area contributed by atoms with Crippen LogP contribution in [-0.2, 0) is 0 Å². The fourth-order valence-corrected chi connectivity index (χ4v) is 2.74. The Morgan fingerprint density at radius 2 is 2.44 bits per heavy atom. The molecule has 94 valence electrons. The number of hydrogen-bond donors (Lipinski definition) is 3. The number of benzene rings is 1. The molecule has 1 aromatic heterocycles. The van der Waals surface area contributed by atoms with Crippen LogP contribution in [0.5, 0.6) is 5.75 Å². The SMILES string of the molecule is COc1ccc2c(c1)SC(N)N2Nc1ncn[nH]1. The lowest BCUT2D eigenvalue weighted by atomic mass is 10.3. The van der Waals surface area contributed by atoms with Gasteiger partial charge >= 0.3 is 0 Å². The molecule has 0 amide bonds. The Morgan fingerprint density at radius 3 is 3.17 bits per heavy atom. The van der Waals surface area contributed by atoms with Crippen LogP contribution in [-0.4, -0.2) is 27.8 Å². The van der Waals surface area contributed by atoms with Crippen LogP contribution in [0.25, 0.3) is 0 Å². The molecule has 2 aromatic rings. The van der Waals surface area contributed by atoms with E-state index in [0.717, 1.165) is 16.3 Å². The maximum absolute atomic E-state index is 6.06. The molecule has 1 unspecified atom stereocenters. The summed E-state index contributed by atoms with van der Waals surface area (Å²) in [7, 11) is 1.64. The fraction of sp³-hybridized carbons (Fsp3) is 0.200. The van der Waals surface area contributed by atoms with Gasteiger partial charge < -0.3 is 10.5 Å². The second-order valence-corrected chi connectivity index (χ2v) is 4.82. The number of rotatable bonds is 3. The summed E-state index contributed by atoms with van der Waals surface area (Å²) in [6.07, 6.45) is 1.44. The van der Waals surface area contributed by atoms with Crippen molar-refractivity contribution in [3.8, 4) is 5.75 Å². The van der Waals surface area contributed by atoms with E-state index in [-0.39, 0.29) is 5.50 Å². The molecule has 0 fully saturated rings. The summed E-state index contributed by atoms with van der Waals surface area (Å²) < 4.78 is 5.19. The summed E-state index contributed by atoms with van der Waals surface area (Å²) in [4.78, 5) is 5.08. The number of nitrogens with zero attached hydrogens (tertiary/aromatic N) is 3. The number of H-pyrrole nitrogens is 1. The predicted molar refractivity (Wildman–Crippen MR) is 69.3 cm³/mol. The molecule has 0 aliphatic carbocycles. The van der Waals surface area contributed by atoms with Crippen LogP contribution in [0.4, 0.5) is 11.6 Å². The van der Waals surface area contributed by atoms with Crippen molar-refractivity contribution in [2.45, 2.75) is 10.4 Å². The molecule has 0 saturated heterocycles. The molecule has 1 aliphatic heterocycles. The van der Waals surface area contributed by atoms with Crippen molar-refractivity contribution in [1.82, 2.24) is 15.2 Å². The quantitative estimate of drug-likeness (QED) is 0.761. The van der Waals surface area contributed by atoms with Crippen LogP contribution in [0.3, 0.4) is 0 Å². The Bertz CT molecular complexity index is 545. The second-order valence-electron chi connectivity index (χ2n) is 3.66. The van der Waals surface area contributed by atoms with Gasteiger partial charge in [0.2, 0.25) is 5.95 Å². The van der Waals surface area contributed by atoms with Crippen molar-refractivity contribution < 1.29 is 4.74 Å². The highest BCUT2D eigenvalue weighted by Gasteiger charge is 2.28. The Morgan fingerprint density at radius 1 is 1.56 bits per heavy atom. The normalized spacial score (nSPS) is 17.7. The van der Waals surface area contributed by atoms with E-state index < -0.39 is 0 Å². The second kappa shape index (κ2) is 4.39. The lowest BCUT2D eigenvalue weighted by molar-refractivity contribution is 0.414. The Hall–Kier alpha value is -1.93. The summed E-state index contributed by atoms with van der Waals surface area (Å²) in [5.74, 6) is 1.37. The molecule has 8 heteroatoms. The van der Waals surface area contributed by atoms with Gasteiger partial charge in [0.1, 0.15) is 17.6 Å². The average molecular weight is 264 g/mol. The highest BCUT2D eigenvalue weighted by molar-refractivity contribution is 8.00. The van der Waals surface area contributed by atoms with Crippen LogP contribution in [0.15, 0.2) is 29.4 Å². The molecule has 0 radical (unpaired) electrons. The number of nitrogens with two attached hydrogens (primary N) is 1. The number of hydrazine groups is 1. The zero-order chi connectivity index (χ0) is 12.5. The van der Waals surface area contributed by atoms with E-state index in [1.807, 2.05) is 23.2 Å². The zero-order valence-electron chi connectivity index (χ0n) is 9.62. The van der Waals surface area contributed by atoms with E-state index in [4.69, 9.17) is 10.5 Å². The van der Waals surface area contributed by atoms with Crippen molar-refractivity contribution in [2.75, 3.05) is 17.5 Å². The summed E-state index contributed by atoms with van der Waals surface area (Å²) in [6.45, 7) is 0. The molecule has 1 aliphatic rings. The maximum atomic E-state index is 6.06. The number of thioether (sulfide) groups is 1. The van der Waals surface area contributed by atoms with E-state index in [2.05, 4.69) is 20.6 Å². The lowest BCUT2D eigenvalue weighted by Crippen LogP contribution is -2.40. The van der Waals surface area contributed by atoms with Gasteiger partial charge in [0, 0.05) is 4.90 Å². The lowest BCUT2D eigenvalue weighted by Gasteiger charge is -2.23. The van der Waals surface area contributed by atoms with Crippen molar-refractivity contribution in [2.24, 2.45) is 5.73 Å². The number of fused-ring (bicyclic) bond motifs is 1. The molecule has 0 saturated carbocycles. The van der Waals surface area contributed by atoms with E-state index in [1.165, 1.54) is 6.33 Å². The minimum absolute atomic E-state index is 0.225. The molecule has 18 heavy (non-hydrogen) atoms. The molecule has 3 rings (SSSR count). The van der Waals surface area contributed by atoms with Gasteiger partial charge in [-0.25, -0.2) is 5.10 Å². The van der Waals surface area contributed by atoms with Crippen molar-refractivity contribution in [1.29, 1.82) is 0 Å². The third-order valence-electron chi connectivity index (χ3n) is 2.57. The molecule has 1 atom stereocenters. The minimum atomic E-state index is -0.225. The van der Waals surface area contributed by atoms with Gasteiger partial charge in [-0.1, -0.05) is 11.8 Å². The maximum Gasteiger partial charge on any atom is 0.237 e. The number of aromatic amines is 1. The topological polar surface area (TPSA) is 92.1 Å². The van der Waals surface area contributed by atoms with Crippen LogP contribution < -0.4 is 20.9 Å². The first-order valence-corrected chi connectivity index (χ1v) is 6.17. The highest BCUT2D eigenvalue weighted by atomic mass is 32.2. The van der Waals surface area contributed by atoms with Crippen LogP contribution in [0.2, 0.25) is 0 Å². The molecule has 2 heterocycles. The highest BCUT2D eigenvalue weighted by Crippen LogP contribution is 2.42. The number of ether oxygens (including phenoxy) is 1. The van der Waals surface area contributed by atoms with Gasteiger partial charge in [-0.05, 0) is 18.2 Å². The fourth-order valence-electron chi connectivity index (χ4n) is 1.73. The Balaban J connectivity index is 1.89. The van der Waals surface area contributed by atoms with E-state index >= 15 is 0 Å². The summed E-state index contributed by atoms with van der Waals surface area (Å²) >= 11 is 1.55. The van der Waals surface area contributed by atoms with E-state index in [9.17, 15) is 0 Å². The molecule has 4 N–H and O–H groups in total. The number of hydrogen-bond acceptors (Lipinski definition) is 7. The third-order valence-corrected chi connectivity index (χ3v) is 3.60. The molecule has 7 nitrogen and oxygen atoms in total. The summed E-state index contributed by atoms with van der Waals surface area (Å²) in [6, 6.07) is 5.81.